The molecule has 0 saturated heterocycles. The van der Waals surface area contributed by atoms with Crippen LogP contribution >= 0.6 is 22.9 Å². The van der Waals surface area contributed by atoms with Crippen LogP contribution in [0.3, 0.4) is 0 Å². The lowest BCUT2D eigenvalue weighted by atomic mass is 10.1. The molecule has 7 heteroatoms. The molecule has 0 fully saturated rings. The van der Waals surface area contributed by atoms with Gasteiger partial charge in [-0.05, 0) is 12.1 Å². The van der Waals surface area contributed by atoms with Crippen molar-refractivity contribution in [2.24, 2.45) is 0 Å². The van der Waals surface area contributed by atoms with Gasteiger partial charge in [-0.15, -0.1) is 11.3 Å². The second kappa shape index (κ2) is 6.93. The lowest BCUT2D eigenvalue weighted by Gasteiger charge is -2.11. The fourth-order valence-electron chi connectivity index (χ4n) is 2.33. The minimum atomic E-state index is 0.369. The Morgan fingerprint density at radius 3 is 2.50 bits per heavy atom. The van der Waals surface area contributed by atoms with Crippen molar-refractivity contribution in [1.29, 1.82) is 0 Å². The number of methoxy groups -OCH3 is 1. The normalized spacial score (nSPS) is 11.2. The molecule has 0 amide bonds. The van der Waals surface area contributed by atoms with Gasteiger partial charge in [0.15, 0.2) is 5.75 Å². The summed E-state index contributed by atoms with van der Waals surface area (Å²) in [4.78, 5) is 19.1. The molecule has 0 bridgehead atoms. The Bertz CT molecular complexity index is 880. The van der Waals surface area contributed by atoms with Crippen molar-refractivity contribution < 1.29 is 14.5 Å². The highest BCUT2D eigenvalue weighted by Crippen LogP contribution is 2.38. The molecule has 24 heavy (non-hydrogen) atoms. The third-order valence-electron chi connectivity index (χ3n) is 3.52. The molecular formula is C17H17ClN2O3S. The van der Waals surface area contributed by atoms with Crippen LogP contribution in [0, 0.1) is 0 Å². The molecule has 2 heterocycles. The zero-order valence-electron chi connectivity index (χ0n) is 13.8. The van der Waals surface area contributed by atoms with E-state index in [1.807, 2.05) is 17.5 Å². The van der Waals surface area contributed by atoms with E-state index in [2.05, 4.69) is 23.8 Å². The van der Waals surface area contributed by atoms with Crippen molar-refractivity contribution in [3.05, 3.63) is 33.6 Å². The molecule has 0 N–H and O–H groups in total. The van der Waals surface area contributed by atoms with Crippen LogP contribution in [0.15, 0.2) is 23.6 Å². The highest BCUT2D eigenvalue weighted by atomic mass is 35.5. The van der Waals surface area contributed by atoms with Crippen molar-refractivity contribution in [1.82, 2.24) is 9.97 Å². The summed E-state index contributed by atoms with van der Waals surface area (Å²) < 4.78 is 5.50. The number of hydrogen-bond acceptors (Lipinski definition) is 6. The van der Waals surface area contributed by atoms with E-state index >= 15 is 0 Å². The molecular weight excluding hydrogens is 348 g/mol. The maximum absolute atomic E-state index is 6.42. The average Bonchev–Trinajstić information content (AvgIpc) is 3.07. The molecule has 1 aromatic carbocycles. The Hall–Kier alpha value is -1.89. The van der Waals surface area contributed by atoms with Gasteiger partial charge in [-0.3, -0.25) is 0 Å². The average molecular weight is 365 g/mol. The molecule has 2 aromatic heterocycles. The molecule has 0 saturated carbocycles. The molecule has 0 radical (unpaired) electrons. The van der Waals surface area contributed by atoms with Gasteiger partial charge in [-0.2, -0.15) is 4.89 Å². The topological polar surface area (TPSA) is 53.5 Å². The number of benzene rings is 1. The van der Waals surface area contributed by atoms with Crippen molar-refractivity contribution >= 4 is 33.8 Å². The SMILES string of the molecule is COOc1ccc2c(OC)cc(-c3csc(C(C)C)n3)nc2c1Cl. The first-order chi connectivity index (χ1) is 11.5. The predicted octanol–water partition coefficient (Wildman–Crippen LogP) is 5.08. The minimum absolute atomic E-state index is 0.369. The van der Waals surface area contributed by atoms with Gasteiger partial charge in [0.2, 0.25) is 0 Å². The highest BCUT2D eigenvalue weighted by molar-refractivity contribution is 7.10. The Morgan fingerprint density at radius 1 is 1.08 bits per heavy atom. The van der Waals surface area contributed by atoms with Gasteiger partial charge in [-0.1, -0.05) is 25.4 Å². The van der Waals surface area contributed by atoms with Crippen molar-refractivity contribution in [2.75, 3.05) is 14.2 Å². The quantitative estimate of drug-likeness (QED) is 0.466. The van der Waals surface area contributed by atoms with E-state index in [0.717, 1.165) is 16.1 Å². The van der Waals surface area contributed by atoms with Crippen LogP contribution in [-0.4, -0.2) is 24.2 Å². The van der Waals surface area contributed by atoms with Crippen molar-refractivity contribution in [3.63, 3.8) is 0 Å². The number of aromatic nitrogens is 2. The minimum Gasteiger partial charge on any atom is -0.496 e. The van der Waals surface area contributed by atoms with Gasteiger partial charge in [0.25, 0.3) is 0 Å². The van der Waals surface area contributed by atoms with E-state index in [9.17, 15) is 0 Å². The fourth-order valence-corrected chi connectivity index (χ4v) is 3.40. The molecule has 0 aliphatic carbocycles. The molecule has 0 unspecified atom stereocenters. The summed E-state index contributed by atoms with van der Waals surface area (Å²) in [5, 5.41) is 4.23. The summed E-state index contributed by atoms with van der Waals surface area (Å²) in [6, 6.07) is 5.43. The summed E-state index contributed by atoms with van der Waals surface area (Å²) >= 11 is 8.04. The number of halogens is 1. The maximum atomic E-state index is 6.42. The number of fused-ring (bicyclic) bond motifs is 1. The van der Waals surface area contributed by atoms with Crippen LogP contribution in [0.25, 0.3) is 22.3 Å². The molecule has 126 valence electrons. The van der Waals surface area contributed by atoms with E-state index < -0.39 is 0 Å². The number of pyridine rings is 1. The smallest absolute Gasteiger partial charge is 0.186 e. The van der Waals surface area contributed by atoms with Crippen LogP contribution in [0.2, 0.25) is 5.02 Å². The van der Waals surface area contributed by atoms with Gasteiger partial charge in [-0.25, -0.2) is 9.97 Å². The zero-order valence-corrected chi connectivity index (χ0v) is 15.4. The maximum Gasteiger partial charge on any atom is 0.186 e. The first-order valence-corrected chi connectivity index (χ1v) is 8.64. The Kier molecular flexibility index (Phi) is 4.89. The largest absolute Gasteiger partial charge is 0.496 e. The van der Waals surface area contributed by atoms with Crippen molar-refractivity contribution in [2.45, 2.75) is 19.8 Å². The fraction of sp³-hybridized carbons (Fsp3) is 0.294. The number of ether oxygens (including phenoxy) is 1. The second-order valence-electron chi connectivity index (χ2n) is 5.46. The number of thiazole rings is 1. The van der Waals surface area contributed by atoms with Gasteiger partial charge in [0, 0.05) is 22.8 Å². The molecule has 3 rings (SSSR count). The molecule has 0 aliphatic rings. The van der Waals surface area contributed by atoms with Crippen LogP contribution in [0.4, 0.5) is 0 Å². The number of hydrogen-bond donors (Lipinski definition) is 0. The van der Waals surface area contributed by atoms with E-state index in [4.69, 9.17) is 26.1 Å². The third-order valence-corrected chi connectivity index (χ3v) is 5.03. The van der Waals surface area contributed by atoms with Crippen LogP contribution in [0.1, 0.15) is 24.8 Å². The van der Waals surface area contributed by atoms with Crippen LogP contribution < -0.4 is 9.62 Å². The molecule has 0 atom stereocenters. The van der Waals surface area contributed by atoms with Gasteiger partial charge in [0.05, 0.1) is 30.4 Å². The number of rotatable bonds is 5. The first-order valence-electron chi connectivity index (χ1n) is 7.38. The summed E-state index contributed by atoms with van der Waals surface area (Å²) in [5.41, 5.74) is 2.09. The van der Waals surface area contributed by atoms with E-state index in [-0.39, 0.29) is 0 Å². The summed E-state index contributed by atoms with van der Waals surface area (Å²) in [7, 11) is 3.04. The summed E-state index contributed by atoms with van der Waals surface area (Å²) in [6.45, 7) is 4.23. The van der Waals surface area contributed by atoms with E-state index in [1.54, 1.807) is 24.5 Å². The standard InChI is InChI=1S/C17H17ClN2O3S/c1-9(2)17-20-12(8-24-17)11-7-14(21-3)10-5-6-13(23-22-4)15(18)16(10)19-11/h5-9H,1-4H3. The monoisotopic (exact) mass is 364 g/mol. The lowest BCUT2D eigenvalue weighted by molar-refractivity contribution is -0.177. The summed E-state index contributed by atoms with van der Waals surface area (Å²) in [5.74, 6) is 1.45. The van der Waals surface area contributed by atoms with Crippen LogP contribution in [-0.2, 0) is 4.89 Å². The molecule has 5 nitrogen and oxygen atoms in total. The van der Waals surface area contributed by atoms with Gasteiger partial charge < -0.3 is 9.62 Å². The highest BCUT2D eigenvalue weighted by Gasteiger charge is 2.16. The third kappa shape index (κ3) is 3.05. The van der Waals surface area contributed by atoms with Crippen LogP contribution in [0.5, 0.6) is 11.5 Å². The zero-order chi connectivity index (χ0) is 17.3. The number of nitrogens with zero attached hydrogens (tertiary/aromatic N) is 2. The molecule has 3 aromatic rings. The molecule has 0 aliphatic heterocycles. The lowest BCUT2D eigenvalue weighted by Crippen LogP contribution is -1.96. The first kappa shape index (κ1) is 17.0. The second-order valence-corrected chi connectivity index (χ2v) is 6.73. The molecule has 0 spiro atoms. The van der Waals surface area contributed by atoms with Crippen molar-refractivity contribution in [3.8, 4) is 22.9 Å². The predicted molar refractivity (Wildman–Crippen MR) is 96.1 cm³/mol. The summed E-state index contributed by atoms with van der Waals surface area (Å²) in [6.07, 6.45) is 0. The Balaban J connectivity index is 2.19. The van der Waals surface area contributed by atoms with Gasteiger partial charge in [0.1, 0.15) is 16.5 Å². The van der Waals surface area contributed by atoms with E-state index in [1.165, 1.54) is 7.11 Å². The van der Waals surface area contributed by atoms with E-state index in [0.29, 0.717) is 33.7 Å². The Morgan fingerprint density at radius 2 is 1.88 bits per heavy atom. The van der Waals surface area contributed by atoms with Gasteiger partial charge >= 0.3 is 0 Å². The Labute approximate surface area is 149 Å².